The average Bonchev–Trinajstić information content (AvgIpc) is 2.88. The van der Waals surface area contributed by atoms with Gasteiger partial charge in [-0.25, -0.2) is 4.39 Å². The number of carbonyl (C=O) groups excluding carboxylic acids is 1. The fourth-order valence-corrected chi connectivity index (χ4v) is 1.80. The van der Waals surface area contributed by atoms with E-state index in [9.17, 15) is 9.18 Å². The highest BCUT2D eigenvalue weighted by molar-refractivity contribution is 5.96. The minimum absolute atomic E-state index is 0.233. The molecule has 4 nitrogen and oxygen atoms in total. The lowest BCUT2D eigenvalue weighted by Crippen LogP contribution is -2.23. The zero-order valence-corrected chi connectivity index (χ0v) is 11.4. The number of benzene rings is 1. The van der Waals surface area contributed by atoms with Crippen LogP contribution in [0.3, 0.4) is 0 Å². The Bertz CT molecular complexity index is 710. The summed E-state index contributed by atoms with van der Waals surface area (Å²) in [6.07, 6.45) is 0. The monoisotopic (exact) mass is 287 g/mol. The van der Waals surface area contributed by atoms with Gasteiger partial charge in [-0.05, 0) is 37.3 Å². The van der Waals surface area contributed by atoms with E-state index < -0.39 is 5.82 Å². The number of amides is 1. The van der Waals surface area contributed by atoms with Gasteiger partial charge < -0.3 is 14.8 Å². The third-order valence-electron chi connectivity index (χ3n) is 2.75. The molecule has 0 bridgehead atoms. The highest BCUT2D eigenvalue weighted by Gasteiger charge is 2.11. The topological polar surface area (TPSA) is 62.5 Å². The molecular weight excluding hydrogens is 273 g/mol. The second-order valence-corrected chi connectivity index (χ2v) is 4.34. The number of furan rings is 1. The Labute approximate surface area is 121 Å². The summed E-state index contributed by atoms with van der Waals surface area (Å²) in [7, 11) is 0. The molecule has 1 heterocycles. The molecule has 0 spiro atoms. The number of hydrogen-bond acceptors (Lipinski definition) is 3. The van der Waals surface area contributed by atoms with Gasteiger partial charge in [0.2, 0.25) is 0 Å². The maximum absolute atomic E-state index is 13.2. The lowest BCUT2D eigenvalue weighted by molar-refractivity contribution is 0.0947. The Hall–Kier alpha value is -2.58. The van der Waals surface area contributed by atoms with Crippen LogP contribution in [0.2, 0.25) is 0 Å². The Morgan fingerprint density at radius 3 is 2.86 bits per heavy atom. The largest absolute Gasteiger partial charge is 0.465 e. The van der Waals surface area contributed by atoms with E-state index in [4.69, 9.17) is 9.52 Å². The minimum Gasteiger partial charge on any atom is -0.465 e. The summed E-state index contributed by atoms with van der Waals surface area (Å²) < 4.78 is 18.6. The molecule has 5 heteroatoms. The molecule has 0 radical (unpaired) electrons. The number of halogens is 1. The van der Waals surface area contributed by atoms with Gasteiger partial charge in [0.15, 0.2) is 0 Å². The van der Waals surface area contributed by atoms with Gasteiger partial charge in [0, 0.05) is 5.56 Å². The summed E-state index contributed by atoms with van der Waals surface area (Å²) in [5.41, 5.74) is 0.484. The van der Waals surface area contributed by atoms with Crippen molar-refractivity contribution < 1.29 is 18.7 Å². The smallest absolute Gasteiger partial charge is 0.252 e. The first kappa shape index (κ1) is 14.8. The lowest BCUT2D eigenvalue weighted by atomic mass is 10.1. The SMILES string of the molecule is Cc1ccc(CNC(=O)c2ccc(F)cc2C#CCO)o1. The number of rotatable bonds is 3. The number of hydrogen-bond donors (Lipinski definition) is 2. The molecule has 0 unspecified atom stereocenters. The van der Waals surface area contributed by atoms with Gasteiger partial charge in [0.05, 0.1) is 12.1 Å². The maximum atomic E-state index is 13.2. The highest BCUT2D eigenvalue weighted by atomic mass is 19.1. The molecule has 0 saturated heterocycles. The maximum Gasteiger partial charge on any atom is 0.252 e. The summed E-state index contributed by atoms with van der Waals surface area (Å²) >= 11 is 0. The van der Waals surface area contributed by atoms with E-state index >= 15 is 0 Å². The minimum atomic E-state index is -0.490. The van der Waals surface area contributed by atoms with Crippen LogP contribution in [0.25, 0.3) is 0 Å². The summed E-state index contributed by atoms with van der Waals surface area (Å²) in [5.74, 6) is 5.48. The normalized spacial score (nSPS) is 9.86. The van der Waals surface area contributed by atoms with E-state index in [1.807, 2.05) is 6.92 Å². The molecule has 2 N–H and O–H groups in total. The number of aliphatic hydroxyl groups is 1. The number of aliphatic hydroxyl groups excluding tert-OH is 1. The van der Waals surface area contributed by atoms with Crippen LogP contribution in [0, 0.1) is 24.6 Å². The zero-order valence-electron chi connectivity index (χ0n) is 11.4. The standard InChI is InChI=1S/C16H14FNO3/c1-11-4-6-14(21-11)10-18-16(20)15-7-5-13(17)9-12(15)3-2-8-19/h4-7,9,19H,8,10H2,1H3,(H,18,20). The van der Waals surface area contributed by atoms with Gasteiger partial charge in [-0.15, -0.1) is 0 Å². The molecule has 0 atom stereocenters. The van der Waals surface area contributed by atoms with Crippen molar-refractivity contribution >= 4 is 5.91 Å². The van der Waals surface area contributed by atoms with Gasteiger partial charge in [0.1, 0.15) is 23.9 Å². The van der Waals surface area contributed by atoms with Crippen LogP contribution >= 0.6 is 0 Å². The van der Waals surface area contributed by atoms with Gasteiger partial charge in [0.25, 0.3) is 5.91 Å². The van der Waals surface area contributed by atoms with Crippen LogP contribution < -0.4 is 5.32 Å². The molecule has 0 saturated carbocycles. The second-order valence-electron chi connectivity index (χ2n) is 4.34. The molecule has 0 aliphatic carbocycles. The van der Waals surface area contributed by atoms with E-state index in [1.54, 1.807) is 12.1 Å². The Morgan fingerprint density at radius 2 is 2.19 bits per heavy atom. The highest BCUT2D eigenvalue weighted by Crippen LogP contribution is 2.11. The molecule has 2 rings (SSSR count). The molecule has 1 amide bonds. The predicted octanol–water partition coefficient (Wildman–Crippen LogP) is 2.00. The summed E-state index contributed by atoms with van der Waals surface area (Å²) in [6, 6.07) is 7.29. The summed E-state index contributed by atoms with van der Waals surface area (Å²) in [6.45, 7) is 1.69. The molecule has 108 valence electrons. The van der Waals surface area contributed by atoms with E-state index in [1.165, 1.54) is 12.1 Å². The predicted molar refractivity (Wildman–Crippen MR) is 75.0 cm³/mol. The molecule has 0 aliphatic heterocycles. The Morgan fingerprint density at radius 1 is 1.38 bits per heavy atom. The second kappa shape index (κ2) is 6.73. The first-order valence-electron chi connectivity index (χ1n) is 6.33. The van der Waals surface area contributed by atoms with Crippen LogP contribution in [0.5, 0.6) is 0 Å². The van der Waals surface area contributed by atoms with Crippen molar-refractivity contribution in [2.75, 3.05) is 6.61 Å². The Kier molecular flexibility index (Phi) is 4.75. The first-order valence-corrected chi connectivity index (χ1v) is 6.33. The van der Waals surface area contributed by atoms with Crippen molar-refractivity contribution in [1.29, 1.82) is 0 Å². The van der Waals surface area contributed by atoms with Crippen molar-refractivity contribution in [3.63, 3.8) is 0 Å². The van der Waals surface area contributed by atoms with E-state index in [2.05, 4.69) is 17.2 Å². The van der Waals surface area contributed by atoms with Crippen LogP contribution in [-0.4, -0.2) is 17.6 Å². The van der Waals surface area contributed by atoms with Gasteiger partial charge in [-0.3, -0.25) is 4.79 Å². The van der Waals surface area contributed by atoms with Gasteiger partial charge >= 0.3 is 0 Å². The molecule has 0 aliphatic rings. The van der Waals surface area contributed by atoms with Crippen molar-refractivity contribution in [2.45, 2.75) is 13.5 Å². The Balaban J connectivity index is 2.14. The van der Waals surface area contributed by atoms with Crippen molar-refractivity contribution in [2.24, 2.45) is 0 Å². The molecule has 1 aromatic carbocycles. The zero-order chi connectivity index (χ0) is 15.2. The van der Waals surface area contributed by atoms with Gasteiger partial charge in [-0.1, -0.05) is 11.8 Å². The summed E-state index contributed by atoms with van der Waals surface area (Å²) in [5, 5.41) is 11.4. The van der Waals surface area contributed by atoms with Crippen molar-refractivity contribution in [3.8, 4) is 11.8 Å². The molecule has 2 aromatic rings. The molecular formula is C16H14FNO3. The number of carbonyl (C=O) groups is 1. The quantitative estimate of drug-likeness (QED) is 0.849. The number of nitrogens with one attached hydrogen (secondary N) is 1. The van der Waals surface area contributed by atoms with Crippen molar-refractivity contribution in [1.82, 2.24) is 5.32 Å². The van der Waals surface area contributed by atoms with Crippen LogP contribution in [0.1, 0.15) is 27.4 Å². The fraction of sp³-hybridized carbons (Fsp3) is 0.188. The average molecular weight is 287 g/mol. The molecule has 21 heavy (non-hydrogen) atoms. The fourth-order valence-electron chi connectivity index (χ4n) is 1.80. The van der Waals surface area contributed by atoms with Gasteiger partial charge in [-0.2, -0.15) is 0 Å². The third kappa shape index (κ3) is 3.94. The summed E-state index contributed by atoms with van der Waals surface area (Å²) in [4.78, 5) is 12.1. The lowest BCUT2D eigenvalue weighted by Gasteiger charge is -2.06. The first-order chi connectivity index (χ1) is 10.1. The number of aryl methyl sites for hydroxylation is 1. The molecule has 0 fully saturated rings. The molecule has 1 aromatic heterocycles. The third-order valence-corrected chi connectivity index (χ3v) is 2.75. The van der Waals surface area contributed by atoms with E-state index in [-0.39, 0.29) is 30.2 Å². The van der Waals surface area contributed by atoms with Crippen LogP contribution in [-0.2, 0) is 6.54 Å². The van der Waals surface area contributed by atoms with E-state index in [0.29, 0.717) is 5.76 Å². The van der Waals surface area contributed by atoms with E-state index in [0.717, 1.165) is 11.8 Å². The van der Waals surface area contributed by atoms with Crippen LogP contribution in [0.15, 0.2) is 34.7 Å². The van der Waals surface area contributed by atoms with Crippen molar-refractivity contribution in [3.05, 3.63) is 58.8 Å². The van der Waals surface area contributed by atoms with Crippen LogP contribution in [0.4, 0.5) is 4.39 Å².